The lowest BCUT2D eigenvalue weighted by molar-refractivity contribution is -0.121. The van der Waals surface area contributed by atoms with Crippen LogP contribution in [-0.4, -0.2) is 39.4 Å². The van der Waals surface area contributed by atoms with E-state index < -0.39 is 15.9 Å². The first-order chi connectivity index (χ1) is 16.2. The van der Waals surface area contributed by atoms with Gasteiger partial charge in [0.25, 0.3) is 0 Å². The summed E-state index contributed by atoms with van der Waals surface area (Å²) in [6.45, 7) is -0.122. The number of ether oxygens (including phenoxy) is 2. The Balaban J connectivity index is 1.78. The molecular weight excluding hydrogens is 544 g/mol. The van der Waals surface area contributed by atoms with Crippen LogP contribution >= 0.6 is 27.5 Å². The minimum Gasteiger partial charge on any atom is -0.493 e. The van der Waals surface area contributed by atoms with Crippen LogP contribution < -0.4 is 14.8 Å². The SMILES string of the molecule is COc1ccc(CNC(=O)CN(Cc2ccc(Br)cc2)S(=O)(=O)c2ccc(Cl)cc2)cc1OC. The number of benzene rings is 3. The van der Waals surface area contributed by atoms with E-state index in [1.165, 1.54) is 31.4 Å². The molecule has 3 aromatic rings. The van der Waals surface area contributed by atoms with Gasteiger partial charge in [-0.3, -0.25) is 4.79 Å². The third-order valence-corrected chi connectivity index (χ3v) is 7.57. The number of hydrogen-bond acceptors (Lipinski definition) is 5. The number of sulfonamides is 1. The molecule has 0 atom stereocenters. The Morgan fingerprint density at radius 1 is 0.941 bits per heavy atom. The van der Waals surface area contributed by atoms with E-state index in [4.69, 9.17) is 21.1 Å². The van der Waals surface area contributed by atoms with Gasteiger partial charge < -0.3 is 14.8 Å². The quantitative estimate of drug-likeness (QED) is 0.386. The average molecular weight is 568 g/mol. The van der Waals surface area contributed by atoms with Crippen molar-refractivity contribution in [3.05, 3.63) is 87.4 Å². The van der Waals surface area contributed by atoms with E-state index in [1.807, 2.05) is 12.1 Å². The van der Waals surface area contributed by atoms with Crippen molar-refractivity contribution in [2.45, 2.75) is 18.0 Å². The van der Waals surface area contributed by atoms with Gasteiger partial charge >= 0.3 is 0 Å². The third-order valence-electron chi connectivity index (χ3n) is 4.98. The van der Waals surface area contributed by atoms with Crippen molar-refractivity contribution in [1.82, 2.24) is 9.62 Å². The lowest BCUT2D eigenvalue weighted by Crippen LogP contribution is -2.40. The van der Waals surface area contributed by atoms with Crippen LogP contribution in [0.15, 0.2) is 76.1 Å². The normalized spacial score (nSPS) is 11.3. The van der Waals surface area contributed by atoms with Gasteiger partial charge in [0.05, 0.1) is 25.7 Å². The predicted molar refractivity (Wildman–Crippen MR) is 135 cm³/mol. The van der Waals surface area contributed by atoms with Crippen molar-refractivity contribution in [2.24, 2.45) is 0 Å². The van der Waals surface area contributed by atoms with E-state index in [-0.39, 0.29) is 24.5 Å². The largest absolute Gasteiger partial charge is 0.493 e. The average Bonchev–Trinajstić information content (AvgIpc) is 2.83. The summed E-state index contributed by atoms with van der Waals surface area (Å²) >= 11 is 9.29. The first kappa shape index (κ1) is 26.0. The zero-order valence-electron chi connectivity index (χ0n) is 18.6. The summed E-state index contributed by atoms with van der Waals surface area (Å²) in [7, 11) is -0.887. The lowest BCUT2D eigenvalue weighted by Gasteiger charge is -2.22. The van der Waals surface area contributed by atoms with Gasteiger partial charge in [0.2, 0.25) is 15.9 Å². The zero-order chi connectivity index (χ0) is 24.7. The summed E-state index contributed by atoms with van der Waals surface area (Å²) in [5.41, 5.74) is 1.53. The number of hydrogen-bond donors (Lipinski definition) is 1. The number of halogens is 2. The first-order valence-electron chi connectivity index (χ1n) is 10.2. The molecular formula is C24H24BrClN2O5S. The number of carbonyl (C=O) groups is 1. The Morgan fingerprint density at radius 3 is 2.18 bits per heavy atom. The Bertz CT molecular complexity index is 1240. The fraction of sp³-hybridized carbons (Fsp3) is 0.208. The van der Waals surface area contributed by atoms with Gasteiger partial charge in [0.15, 0.2) is 11.5 Å². The van der Waals surface area contributed by atoms with Gasteiger partial charge in [0, 0.05) is 22.6 Å². The number of nitrogens with zero attached hydrogens (tertiary/aromatic N) is 1. The Labute approximate surface area is 212 Å². The highest BCUT2D eigenvalue weighted by molar-refractivity contribution is 9.10. The molecule has 0 aromatic heterocycles. The van der Waals surface area contributed by atoms with Gasteiger partial charge in [-0.15, -0.1) is 0 Å². The molecule has 0 aliphatic carbocycles. The maximum Gasteiger partial charge on any atom is 0.243 e. The first-order valence-corrected chi connectivity index (χ1v) is 12.8. The molecule has 0 unspecified atom stereocenters. The second kappa shape index (κ2) is 11.7. The molecule has 0 spiro atoms. The van der Waals surface area contributed by atoms with Gasteiger partial charge in [-0.2, -0.15) is 4.31 Å². The Kier molecular flexibility index (Phi) is 8.96. The molecule has 0 saturated heterocycles. The summed E-state index contributed by atoms with van der Waals surface area (Å²) in [4.78, 5) is 12.8. The standard InChI is InChI=1S/C24H24BrClN2O5S/c1-32-22-12-5-18(13-23(22)33-2)14-27-24(29)16-28(15-17-3-6-19(25)7-4-17)34(30,31)21-10-8-20(26)9-11-21/h3-13H,14-16H2,1-2H3,(H,27,29). The topological polar surface area (TPSA) is 84.9 Å². The third kappa shape index (κ3) is 6.73. The minimum absolute atomic E-state index is 0.0298. The predicted octanol–water partition coefficient (Wildman–Crippen LogP) is 4.63. The van der Waals surface area contributed by atoms with Crippen LogP contribution in [-0.2, 0) is 27.9 Å². The monoisotopic (exact) mass is 566 g/mol. The molecule has 0 bridgehead atoms. The maximum atomic E-state index is 13.3. The van der Waals surface area contributed by atoms with Crippen LogP contribution in [0.2, 0.25) is 5.02 Å². The molecule has 1 N–H and O–H groups in total. The van der Waals surface area contributed by atoms with E-state index in [0.717, 1.165) is 19.9 Å². The fourth-order valence-corrected chi connectivity index (χ4v) is 4.96. The van der Waals surface area contributed by atoms with Gasteiger partial charge in [-0.05, 0) is 59.7 Å². The molecule has 10 heteroatoms. The van der Waals surface area contributed by atoms with Gasteiger partial charge in [-0.25, -0.2) is 8.42 Å². The van der Waals surface area contributed by atoms with Crippen LogP contribution in [0.5, 0.6) is 11.5 Å². The Morgan fingerprint density at radius 2 is 1.56 bits per heavy atom. The van der Waals surface area contributed by atoms with Crippen molar-refractivity contribution in [3.8, 4) is 11.5 Å². The summed E-state index contributed by atoms with van der Waals surface area (Å²) < 4.78 is 39.2. The van der Waals surface area contributed by atoms with Crippen LogP contribution in [0.4, 0.5) is 0 Å². The molecule has 180 valence electrons. The Hall–Kier alpha value is -2.59. The minimum atomic E-state index is -3.96. The van der Waals surface area contributed by atoms with E-state index in [1.54, 1.807) is 37.4 Å². The van der Waals surface area contributed by atoms with Crippen LogP contribution in [0.3, 0.4) is 0 Å². The molecule has 3 rings (SSSR count). The highest BCUT2D eigenvalue weighted by atomic mass is 79.9. The number of methoxy groups -OCH3 is 2. The molecule has 0 aliphatic rings. The van der Waals surface area contributed by atoms with Crippen LogP contribution in [0.25, 0.3) is 0 Å². The van der Waals surface area contributed by atoms with E-state index in [2.05, 4.69) is 21.2 Å². The number of rotatable bonds is 10. The van der Waals surface area contributed by atoms with E-state index in [0.29, 0.717) is 16.5 Å². The van der Waals surface area contributed by atoms with E-state index in [9.17, 15) is 13.2 Å². The number of amides is 1. The van der Waals surface area contributed by atoms with Crippen molar-refractivity contribution in [1.29, 1.82) is 0 Å². The van der Waals surface area contributed by atoms with Crippen LogP contribution in [0.1, 0.15) is 11.1 Å². The molecule has 1 amide bonds. The summed E-state index contributed by atoms with van der Waals surface area (Å²) in [5.74, 6) is 0.674. The summed E-state index contributed by atoms with van der Waals surface area (Å²) in [5, 5.41) is 3.20. The molecule has 7 nitrogen and oxygen atoms in total. The summed E-state index contributed by atoms with van der Waals surface area (Å²) in [6.07, 6.45) is 0. The van der Waals surface area contributed by atoms with Crippen molar-refractivity contribution < 1.29 is 22.7 Å². The molecule has 0 radical (unpaired) electrons. The number of carbonyl (C=O) groups excluding carboxylic acids is 1. The fourth-order valence-electron chi connectivity index (χ4n) is 3.18. The van der Waals surface area contributed by atoms with Gasteiger partial charge in [-0.1, -0.05) is 45.7 Å². The molecule has 0 saturated carbocycles. The highest BCUT2D eigenvalue weighted by Crippen LogP contribution is 2.27. The smallest absolute Gasteiger partial charge is 0.243 e. The lowest BCUT2D eigenvalue weighted by atomic mass is 10.2. The van der Waals surface area contributed by atoms with E-state index >= 15 is 0 Å². The molecule has 0 aliphatic heterocycles. The number of nitrogens with one attached hydrogen (secondary N) is 1. The van der Waals surface area contributed by atoms with Gasteiger partial charge in [0.1, 0.15) is 0 Å². The molecule has 34 heavy (non-hydrogen) atoms. The van der Waals surface area contributed by atoms with Crippen molar-refractivity contribution in [3.63, 3.8) is 0 Å². The molecule has 0 heterocycles. The molecule has 0 fully saturated rings. The highest BCUT2D eigenvalue weighted by Gasteiger charge is 2.27. The second-order valence-corrected chi connectivity index (χ2v) is 10.6. The van der Waals surface area contributed by atoms with Crippen LogP contribution in [0, 0.1) is 0 Å². The zero-order valence-corrected chi connectivity index (χ0v) is 21.8. The second-order valence-electron chi connectivity index (χ2n) is 7.32. The molecule has 3 aromatic carbocycles. The maximum absolute atomic E-state index is 13.3. The summed E-state index contributed by atoms with van der Waals surface area (Å²) in [6, 6.07) is 18.4. The van der Waals surface area contributed by atoms with Crippen molar-refractivity contribution in [2.75, 3.05) is 20.8 Å². The van der Waals surface area contributed by atoms with Crippen molar-refractivity contribution >= 4 is 43.5 Å².